The van der Waals surface area contributed by atoms with Gasteiger partial charge in [0.2, 0.25) is 0 Å². The van der Waals surface area contributed by atoms with Gasteiger partial charge < -0.3 is 19.4 Å². The number of hydrogen-bond donors (Lipinski definition) is 1. The van der Waals surface area contributed by atoms with Gasteiger partial charge in [0.25, 0.3) is 5.91 Å². The first-order valence-corrected chi connectivity index (χ1v) is 9.18. The van der Waals surface area contributed by atoms with Crippen LogP contribution < -0.4 is 9.47 Å². The zero-order chi connectivity index (χ0) is 18.8. The number of pyridine rings is 1. The van der Waals surface area contributed by atoms with Crippen molar-refractivity contribution in [1.82, 2.24) is 14.9 Å². The number of nitrogens with one attached hydrogen (secondary N) is 1. The Bertz CT molecular complexity index is 941. The molecule has 2 aromatic heterocycles. The maximum atomic E-state index is 12.8. The lowest BCUT2D eigenvalue weighted by Crippen LogP contribution is -2.41. The Morgan fingerprint density at radius 2 is 1.93 bits per heavy atom. The standard InChI is InChI=1S/C21H23N3O3/c1-14-3-5-18(13-22-14)27-16-7-9-24(10-8-16)21(25)20-11-15-4-6-17(26-2)12-19(15)23-20/h3-6,11-13,16,23H,7-10H2,1-2H3. The number of hydrogen-bond acceptors (Lipinski definition) is 4. The lowest BCUT2D eigenvalue weighted by Gasteiger charge is -2.31. The van der Waals surface area contributed by atoms with Crippen molar-refractivity contribution in [2.75, 3.05) is 20.2 Å². The minimum Gasteiger partial charge on any atom is -0.497 e. The van der Waals surface area contributed by atoms with Crippen LogP contribution in [0.4, 0.5) is 0 Å². The van der Waals surface area contributed by atoms with E-state index in [9.17, 15) is 4.79 Å². The first-order chi connectivity index (χ1) is 13.1. The molecule has 1 aromatic carbocycles. The van der Waals surface area contributed by atoms with Crippen LogP contribution in [-0.4, -0.2) is 47.1 Å². The van der Waals surface area contributed by atoms with Crippen LogP contribution in [0.25, 0.3) is 10.9 Å². The molecule has 0 atom stereocenters. The van der Waals surface area contributed by atoms with Crippen molar-refractivity contribution in [3.05, 3.63) is 54.0 Å². The maximum absolute atomic E-state index is 12.8. The molecule has 27 heavy (non-hydrogen) atoms. The minimum atomic E-state index is 0.0284. The number of fused-ring (bicyclic) bond motifs is 1. The highest BCUT2D eigenvalue weighted by atomic mass is 16.5. The molecule has 3 aromatic rings. The molecule has 1 fully saturated rings. The van der Waals surface area contributed by atoms with E-state index in [4.69, 9.17) is 9.47 Å². The van der Waals surface area contributed by atoms with E-state index in [1.54, 1.807) is 13.3 Å². The zero-order valence-electron chi connectivity index (χ0n) is 15.6. The van der Waals surface area contributed by atoms with Crippen LogP contribution in [0.1, 0.15) is 29.0 Å². The SMILES string of the molecule is COc1ccc2cc(C(=O)N3CCC(Oc4ccc(C)nc4)CC3)[nH]c2c1. The molecule has 1 aliphatic rings. The molecule has 1 saturated heterocycles. The van der Waals surface area contributed by atoms with Gasteiger partial charge in [0.05, 0.1) is 13.3 Å². The van der Waals surface area contributed by atoms with Crippen LogP contribution in [0.2, 0.25) is 0 Å². The van der Waals surface area contributed by atoms with Crippen molar-refractivity contribution in [3.63, 3.8) is 0 Å². The van der Waals surface area contributed by atoms with Gasteiger partial charge in [-0.3, -0.25) is 9.78 Å². The van der Waals surface area contributed by atoms with Crippen molar-refractivity contribution in [2.45, 2.75) is 25.9 Å². The number of aromatic nitrogens is 2. The summed E-state index contributed by atoms with van der Waals surface area (Å²) in [5, 5.41) is 1.00. The Hall–Kier alpha value is -3.02. The number of H-pyrrole nitrogens is 1. The van der Waals surface area contributed by atoms with Crippen LogP contribution in [-0.2, 0) is 0 Å². The summed E-state index contributed by atoms with van der Waals surface area (Å²) in [6.45, 7) is 3.32. The number of carbonyl (C=O) groups excluding carboxylic acids is 1. The molecule has 3 heterocycles. The number of carbonyl (C=O) groups is 1. The van der Waals surface area contributed by atoms with Crippen LogP contribution in [0.15, 0.2) is 42.6 Å². The van der Waals surface area contributed by atoms with Crippen LogP contribution in [0, 0.1) is 6.92 Å². The Morgan fingerprint density at radius 3 is 2.63 bits per heavy atom. The van der Waals surface area contributed by atoms with Gasteiger partial charge in [-0.25, -0.2) is 0 Å². The molecular weight excluding hydrogens is 342 g/mol. The highest BCUT2D eigenvalue weighted by Gasteiger charge is 2.25. The molecule has 0 spiro atoms. The summed E-state index contributed by atoms with van der Waals surface area (Å²) < 4.78 is 11.2. The van der Waals surface area contributed by atoms with Crippen LogP contribution >= 0.6 is 0 Å². The van der Waals surface area contributed by atoms with E-state index in [1.807, 2.05) is 48.2 Å². The predicted molar refractivity (Wildman–Crippen MR) is 103 cm³/mol. The summed E-state index contributed by atoms with van der Waals surface area (Å²) in [4.78, 5) is 22.2. The Morgan fingerprint density at radius 1 is 1.15 bits per heavy atom. The normalized spacial score (nSPS) is 15.1. The molecule has 0 bridgehead atoms. The van der Waals surface area contributed by atoms with E-state index >= 15 is 0 Å². The summed E-state index contributed by atoms with van der Waals surface area (Å²) in [5.74, 6) is 1.59. The Labute approximate surface area is 158 Å². The highest BCUT2D eigenvalue weighted by molar-refractivity contribution is 5.98. The van der Waals surface area contributed by atoms with Crippen LogP contribution in [0.3, 0.4) is 0 Å². The van der Waals surface area contributed by atoms with Gasteiger partial charge in [0.15, 0.2) is 0 Å². The summed E-state index contributed by atoms with van der Waals surface area (Å²) in [7, 11) is 1.63. The average Bonchev–Trinajstić information content (AvgIpc) is 3.13. The quantitative estimate of drug-likeness (QED) is 0.768. The molecule has 6 nitrogen and oxygen atoms in total. The molecule has 0 saturated carbocycles. The second-order valence-electron chi connectivity index (χ2n) is 6.88. The largest absolute Gasteiger partial charge is 0.497 e. The van der Waals surface area contributed by atoms with Gasteiger partial charge in [-0.15, -0.1) is 0 Å². The fraction of sp³-hybridized carbons (Fsp3) is 0.333. The fourth-order valence-electron chi connectivity index (χ4n) is 3.41. The van der Waals surface area contributed by atoms with Gasteiger partial charge in [-0.2, -0.15) is 0 Å². The van der Waals surface area contributed by atoms with Gasteiger partial charge in [0.1, 0.15) is 23.3 Å². The van der Waals surface area contributed by atoms with Gasteiger partial charge in [0, 0.05) is 48.6 Å². The topological polar surface area (TPSA) is 67.4 Å². The van der Waals surface area contributed by atoms with Gasteiger partial charge >= 0.3 is 0 Å². The summed E-state index contributed by atoms with van der Waals surface area (Å²) in [6, 6.07) is 11.5. The lowest BCUT2D eigenvalue weighted by atomic mass is 10.1. The van der Waals surface area contributed by atoms with Gasteiger partial charge in [-0.1, -0.05) is 0 Å². The maximum Gasteiger partial charge on any atom is 0.270 e. The number of amides is 1. The van der Waals surface area contributed by atoms with E-state index in [-0.39, 0.29) is 12.0 Å². The van der Waals surface area contributed by atoms with E-state index in [1.165, 1.54) is 0 Å². The summed E-state index contributed by atoms with van der Waals surface area (Å²) in [6.07, 6.45) is 3.50. The van der Waals surface area contributed by atoms with E-state index < -0.39 is 0 Å². The predicted octanol–water partition coefficient (Wildman–Crippen LogP) is 3.56. The second kappa shape index (κ2) is 7.31. The molecule has 6 heteroatoms. The second-order valence-corrected chi connectivity index (χ2v) is 6.88. The number of ether oxygens (including phenoxy) is 2. The van der Waals surface area contributed by atoms with Crippen molar-refractivity contribution in [2.24, 2.45) is 0 Å². The molecule has 0 unspecified atom stereocenters. The number of rotatable bonds is 4. The van der Waals surface area contributed by atoms with Gasteiger partial charge in [-0.05, 0) is 37.3 Å². The first kappa shape index (κ1) is 17.4. The highest BCUT2D eigenvalue weighted by Crippen LogP contribution is 2.24. The summed E-state index contributed by atoms with van der Waals surface area (Å²) in [5.41, 5.74) is 2.49. The van der Waals surface area contributed by atoms with E-state index in [0.29, 0.717) is 18.8 Å². The van der Waals surface area contributed by atoms with E-state index in [0.717, 1.165) is 40.9 Å². The molecule has 1 aliphatic heterocycles. The smallest absolute Gasteiger partial charge is 0.270 e. The van der Waals surface area contributed by atoms with E-state index in [2.05, 4.69) is 9.97 Å². The summed E-state index contributed by atoms with van der Waals surface area (Å²) >= 11 is 0. The monoisotopic (exact) mass is 365 g/mol. The van der Waals surface area contributed by atoms with Crippen molar-refractivity contribution >= 4 is 16.8 Å². The minimum absolute atomic E-state index is 0.0284. The Kier molecular flexibility index (Phi) is 4.71. The number of nitrogens with zero attached hydrogens (tertiary/aromatic N) is 2. The number of likely N-dealkylation sites (tertiary alicyclic amines) is 1. The Balaban J connectivity index is 1.39. The molecule has 1 amide bonds. The zero-order valence-corrected chi connectivity index (χ0v) is 15.6. The third-order valence-electron chi connectivity index (χ3n) is 4.98. The molecule has 1 N–H and O–H groups in total. The number of aromatic amines is 1. The molecule has 4 rings (SSSR count). The molecule has 0 radical (unpaired) electrons. The number of methoxy groups -OCH3 is 1. The van der Waals surface area contributed by atoms with Crippen molar-refractivity contribution in [3.8, 4) is 11.5 Å². The van der Waals surface area contributed by atoms with Crippen molar-refractivity contribution in [1.29, 1.82) is 0 Å². The molecular formula is C21H23N3O3. The third kappa shape index (κ3) is 3.74. The number of aryl methyl sites for hydroxylation is 1. The number of benzene rings is 1. The molecule has 0 aliphatic carbocycles. The average molecular weight is 365 g/mol. The fourth-order valence-corrected chi connectivity index (χ4v) is 3.41. The molecule has 140 valence electrons. The number of piperidine rings is 1. The lowest BCUT2D eigenvalue weighted by molar-refractivity contribution is 0.0590. The van der Waals surface area contributed by atoms with Crippen molar-refractivity contribution < 1.29 is 14.3 Å². The third-order valence-corrected chi connectivity index (χ3v) is 4.98. The van der Waals surface area contributed by atoms with Crippen LogP contribution in [0.5, 0.6) is 11.5 Å². The first-order valence-electron chi connectivity index (χ1n) is 9.18.